The molecule has 192 valence electrons. The van der Waals surface area contributed by atoms with Crippen LogP contribution >= 0.6 is 0 Å². The second-order valence-electron chi connectivity index (χ2n) is 10.1. The third kappa shape index (κ3) is 4.17. The van der Waals surface area contributed by atoms with E-state index in [2.05, 4.69) is 16.8 Å². The maximum atomic E-state index is 14.0. The monoisotopic (exact) mass is 492 g/mol. The van der Waals surface area contributed by atoms with E-state index in [1.165, 1.54) is 0 Å². The van der Waals surface area contributed by atoms with Gasteiger partial charge in [0, 0.05) is 74.5 Å². The number of amides is 1. The Kier molecular flexibility index (Phi) is 7.01. The molecule has 0 saturated carbocycles. The predicted octanol–water partition coefficient (Wildman–Crippen LogP) is 1.83. The van der Waals surface area contributed by atoms with E-state index in [1.807, 2.05) is 64.9 Å². The molecule has 8 nitrogen and oxygen atoms in total. The Morgan fingerprint density at radius 1 is 1.14 bits per heavy atom. The Hall–Kier alpha value is -2.94. The van der Waals surface area contributed by atoms with Crippen LogP contribution in [0.15, 0.2) is 47.3 Å². The standard InChI is InChI=1S/C28H36N4O4/c1-4-7-19-10-11-23-25-21(17-31(23)27(19)34)22(18-33)26(28(35)30-14-12-29(2)13-15-30)32(25)16-20-8-5-6-9-24(20)36-3/h4-11,21-22,25-26,33H,12-18H2,1-3H3/b7-4-/t21-,22-,25+,26-/m1/s1. The minimum absolute atomic E-state index is 0.0177. The van der Waals surface area contributed by atoms with Crippen molar-refractivity contribution in [1.82, 2.24) is 19.3 Å². The number of hydrogen-bond donors (Lipinski definition) is 1. The topological polar surface area (TPSA) is 78.2 Å². The number of aromatic nitrogens is 1. The lowest BCUT2D eigenvalue weighted by Gasteiger charge is -2.38. The van der Waals surface area contributed by atoms with Crippen molar-refractivity contribution >= 4 is 12.0 Å². The summed E-state index contributed by atoms with van der Waals surface area (Å²) in [5.74, 6) is 0.554. The number of aliphatic hydroxyl groups is 1. The van der Waals surface area contributed by atoms with Gasteiger partial charge in [-0.05, 0) is 32.2 Å². The number of allylic oxidation sites excluding steroid dienone is 1. The number of likely N-dealkylation sites (tertiary alicyclic amines) is 1. The van der Waals surface area contributed by atoms with Crippen LogP contribution in [0, 0.1) is 11.8 Å². The van der Waals surface area contributed by atoms with Crippen LogP contribution in [0.2, 0.25) is 0 Å². The average molecular weight is 493 g/mol. The third-order valence-electron chi connectivity index (χ3n) is 8.18. The fraction of sp³-hybridized carbons (Fsp3) is 0.500. The van der Waals surface area contributed by atoms with Crippen molar-refractivity contribution in [1.29, 1.82) is 0 Å². The maximum Gasteiger partial charge on any atom is 0.258 e. The first-order valence-electron chi connectivity index (χ1n) is 12.8. The molecule has 0 spiro atoms. The lowest BCUT2D eigenvalue weighted by atomic mass is 9.88. The summed E-state index contributed by atoms with van der Waals surface area (Å²) in [6.45, 7) is 5.85. The van der Waals surface area contributed by atoms with Gasteiger partial charge < -0.3 is 24.2 Å². The summed E-state index contributed by atoms with van der Waals surface area (Å²) in [6, 6.07) is 11.2. The number of piperazine rings is 1. The molecule has 0 bridgehead atoms. The van der Waals surface area contributed by atoms with Crippen LogP contribution in [-0.2, 0) is 17.9 Å². The summed E-state index contributed by atoms with van der Waals surface area (Å²) in [6.07, 6.45) is 3.70. The number of methoxy groups -OCH3 is 1. The van der Waals surface area contributed by atoms with Crippen LogP contribution in [0.25, 0.3) is 6.08 Å². The number of likely N-dealkylation sites (N-methyl/N-ethyl adjacent to an activating group) is 1. The number of hydrogen-bond acceptors (Lipinski definition) is 6. The number of fused-ring (bicyclic) bond motifs is 3. The minimum atomic E-state index is -0.461. The van der Waals surface area contributed by atoms with Gasteiger partial charge in [0.05, 0.1) is 19.2 Å². The highest BCUT2D eigenvalue weighted by molar-refractivity contribution is 5.83. The number of carbonyl (C=O) groups is 1. The quantitative estimate of drug-likeness (QED) is 0.663. The number of ether oxygens (including phenoxy) is 1. The van der Waals surface area contributed by atoms with Crippen molar-refractivity contribution in [2.75, 3.05) is 46.9 Å². The fourth-order valence-corrected chi connectivity index (χ4v) is 6.33. The number of nitrogens with zero attached hydrogens (tertiary/aromatic N) is 4. The van der Waals surface area contributed by atoms with E-state index in [1.54, 1.807) is 7.11 Å². The van der Waals surface area contributed by atoms with E-state index in [-0.39, 0.29) is 36.0 Å². The molecular weight excluding hydrogens is 456 g/mol. The van der Waals surface area contributed by atoms with Crippen molar-refractivity contribution in [2.45, 2.75) is 32.1 Å². The van der Waals surface area contributed by atoms with Gasteiger partial charge in [0.25, 0.3) is 5.56 Å². The Morgan fingerprint density at radius 3 is 2.58 bits per heavy atom. The first-order chi connectivity index (χ1) is 17.5. The van der Waals surface area contributed by atoms with Gasteiger partial charge in [-0.1, -0.05) is 30.4 Å². The van der Waals surface area contributed by atoms with Gasteiger partial charge in [-0.2, -0.15) is 0 Å². The highest BCUT2D eigenvalue weighted by atomic mass is 16.5. The molecule has 2 saturated heterocycles. The van der Waals surface area contributed by atoms with Crippen LogP contribution in [0.5, 0.6) is 5.75 Å². The lowest BCUT2D eigenvalue weighted by Crippen LogP contribution is -2.55. The zero-order chi connectivity index (χ0) is 25.4. The van der Waals surface area contributed by atoms with E-state index in [0.717, 1.165) is 30.1 Å². The third-order valence-corrected chi connectivity index (χ3v) is 8.18. The van der Waals surface area contributed by atoms with Gasteiger partial charge in [0.2, 0.25) is 5.91 Å². The van der Waals surface area contributed by atoms with Crippen molar-refractivity contribution in [3.8, 4) is 5.75 Å². The first-order valence-corrected chi connectivity index (χ1v) is 12.8. The highest BCUT2D eigenvalue weighted by Crippen LogP contribution is 2.50. The van der Waals surface area contributed by atoms with E-state index < -0.39 is 6.04 Å². The molecule has 2 aromatic rings. The van der Waals surface area contributed by atoms with Crippen molar-refractivity contribution < 1.29 is 14.6 Å². The number of benzene rings is 1. The summed E-state index contributed by atoms with van der Waals surface area (Å²) in [5.41, 5.74) is 2.54. The minimum Gasteiger partial charge on any atom is -0.496 e. The molecule has 0 radical (unpaired) electrons. The van der Waals surface area contributed by atoms with Gasteiger partial charge >= 0.3 is 0 Å². The van der Waals surface area contributed by atoms with Crippen LogP contribution in [0.3, 0.4) is 0 Å². The molecule has 4 heterocycles. The van der Waals surface area contributed by atoms with E-state index in [9.17, 15) is 14.7 Å². The SMILES string of the molecule is C/C=C\c1ccc2n(c1=O)C[C@@H]1[C@@H](CO)[C@H](C(=O)N3CCN(C)CC3)N(Cc3ccccc3OC)[C@H]21. The van der Waals surface area contributed by atoms with Crippen LogP contribution in [-0.4, -0.2) is 83.3 Å². The fourth-order valence-electron chi connectivity index (χ4n) is 6.33. The van der Waals surface area contributed by atoms with Crippen molar-refractivity contribution in [3.05, 3.63) is 69.6 Å². The van der Waals surface area contributed by atoms with Crippen molar-refractivity contribution in [2.24, 2.45) is 11.8 Å². The molecule has 8 heteroatoms. The molecule has 0 unspecified atom stereocenters. The van der Waals surface area contributed by atoms with Crippen LogP contribution < -0.4 is 10.3 Å². The van der Waals surface area contributed by atoms with E-state index in [4.69, 9.17) is 4.74 Å². The first kappa shape index (κ1) is 24.7. The highest BCUT2D eigenvalue weighted by Gasteiger charge is 2.56. The summed E-state index contributed by atoms with van der Waals surface area (Å²) in [4.78, 5) is 33.7. The summed E-state index contributed by atoms with van der Waals surface area (Å²) in [7, 11) is 3.73. The maximum absolute atomic E-state index is 14.0. The van der Waals surface area contributed by atoms with Gasteiger partial charge in [-0.25, -0.2) is 0 Å². The molecule has 1 amide bonds. The zero-order valence-electron chi connectivity index (χ0n) is 21.3. The number of para-hydroxylation sites is 1. The zero-order valence-corrected chi connectivity index (χ0v) is 21.3. The molecule has 36 heavy (non-hydrogen) atoms. The largest absolute Gasteiger partial charge is 0.496 e. The molecular formula is C28H36N4O4. The summed E-state index contributed by atoms with van der Waals surface area (Å²) < 4.78 is 7.48. The Balaban J connectivity index is 1.58. The van der Waals surface area contributed by atoms with Crippen LogP contribution in [0.4, 0.5) is 0 Å². The Morgan fingerprint density at radius 2 is 1.89 bits per heavy atom. The average Bonchev–Trinajstić information content (AvgIpc) is 3.41. The Labute approximate surface area is 212 Å². The molecule has 0 aliphatic carbocycles. The lowest BCUT2D eigenvalue weighted by molar-refractivity contribution is -0.140. The number of aliphatic hydroxyl groups excluding tert-OH is 1. The van der Waals surface area contributed by atoms with Gasteiger partial charge in [0.15, 0.2) is 0 Å². The smallest absolute Gasteiger partial charge is 0.258 e. The summed E-state index contributed by atoms with van der Waals surface area (Å²) in [5, 5.41) is 10.6. The number of carbonyl (C=O) groups excluding carboxylic acids is 1. The van der Waals surface area contributed by atoms with Crippen molar-refractivity contribution in [3.63, 3.8) is 0 Å². The molecule has 1 N–H and O–H groups in total. The molecule has 1 aromatic carbocycles. The van der Waals surface area contributed by atoms with E-state index >= 15 is 0 Å². The normalized spacial score (nSPS) is 26.4. The second-order valence-corrected chi connectivity index (χ2v) is 10.1. The van der Waals surface area contributed by atoms with Gasteiger partial charge in [-0.15, -0.1) is 0 Å². The molecule has 3 aliphatic rings. The number of rotatable bonds is 6. The van der Waals surface area contributed by atoms with Gasteiger partial charge in [0.1, 0.15) is 5.75 Å². The van der Waals surface area contributed by atoms with Crippen LogP contribution in [0.1, 0.15) is 29.8 Å². The molecule has 4 atom stereocenters. The van der Waals surface area contributed by atoms with Gasteiger partial charge in [-0.3, -0.25) is 14.5 Å². The molecule has 1 aromatic heterocycles. The van der Waals surface area contributed by atoms with E-state index in [0.29, 0.717) is 31.7 Å². The summed E-state index contributed by atoms with van der Waals surface area (Å²) >= 11 is 0. The number of pyridine rings is 1. The molecule has 5 rings (SSSR count). The predicted molar refractivity (Wildman–Crippen MR) is 139 cm³/mol. The Bertz CT molecular complexity index is 1200. The molecule has 3 aliphatic heterocycles. The molecule has 2 fully saturated rings. The second kappa shape index (κ2) is 10.2.